The van der Waals surface area contributed by atoms with Crippen molar-refractivity contribution in [3.63, 3.8) is 0 Å². The zero-order chi connectivity index (χ0) is 22.1. The molecule has 0 radical (unpaired) electrons. The van der Waals surface area contributed by atoms with Crippen molar-refractivity contribution in [1.82, 2.24) is 0 Å². The van der Waals surface area contributed by atoms with Gasteiger partial charge in [0.15, 0.2) is 6.29 Å². The standard InChI is InChI=1S/C22H25N3O5S/c1-27-21(16-11-7-4-8-12-16)28-14-17-13-18(19(24-25-23)22(29-17)31-2)30-20(26)15-9-5-3-6-10-15/h3-12,17-19,21-22H,13-14H2,1-2H3/t17?,18?,19?,21?,22-/m0/s1. The Morgan fingerprint density at radius 1 is 1.23 bits per heavy atom. The lowest BCUT2D eigenvalue weighted by Crippen LogP contribution is -2.48. The molecule has 9 heteroatoms. The van der Waals surface area contributed by atoms with E-state index in [1.807, 2.05) is 42.7 Å². The van der Waals surface area contributed by atoms with Crippen LogP contribution < -0.4 is 0 Å². The summed E-state index contributed by atoms with van der Waals surface area (Å²) in [6.07, 6.45) is 0.646. The highest BCUT2D eigenvalue weighted by Crippen LogP contribution is 2.32. The van der Waals surface area contributed by atoms with Gasteiger partial charge in [-0.2, -0.15) is 0 Å². The van der Waals surface area contributed by atoms with Gasteiger partial charge in [-0.1, -0.05) is 53.6 Å². The van der Waals surface area contributed by atoms with Gasteiger partial charge in [0.25, 0.3) is 0 Å². The molecule has 1 fully saturated rings. The van der Waals surface area contributed by atoms with Gasteiger partial charge < -0.3 is 18.9 Å². The number of carbonyl (C=O) groups excluding carboxylic acids is 1. The van der Waals surface area contributed by atoms with Crippen molar-refractivity contribution in [3.05, 3.63) is 82.2 Å². The van der Waals surface area contributed by atoms with E-state index in [-0.39, 0.29) is 12.7 Å². The molecule has 0 N–H and O–H groups in total. The number of hydrogen-bond acceptors (Lipinski definition) is 7. The van der Waals surface area contributed by atoms with E-state index in [0.29, 0.717) is 12.0 Å². The minimum absolute atomic E-state index is 0.229. The second-order valence-electron chi connectivity index (χ2n) is 6.91. The van der Waals surface area contributed by atoms with Gasteiger partial charge >= 0.3 is 5.97 Å². The van der Waals surface area contributed by atoms with E-state index in [0.717, 1.165) is 5.56 Å². The van der Waals surface area contributed by atoms with Crippen LogP contribution in [0, 0.1) is 0 Å². The van der Waals surface area contributed by atoms with Crippen LogP contribution in [0.5, 0.6) is 0 Å². The van der Waals surface area contributed by atoms with E-state index in [1.54, 1.807) is 31.4 Å². The lowest BCUT2D eigenvalue weighted by molar-refractivity contribution is -0.171. The number of nitrogens with zero attached hydrogens (tertiary/aromatic N) is 3. The minimum atomic E-state index is -0.642. The fourth-order valence-electron chi connectivity index (χ4n) is 3.39. The molecule has 0 aliphatic carbocycles. The summed E-state index contributed by atoms with van der Waals surface area (Å²) < 4.78 is 23.2. The van der Waals surface area contributed by atoms with Crippen LogP contribution in [0.25, 0.3) is 10.4 Å². The van der Waals surface area contributed by atoms with Crippen LogP contribution in [0.4, 0.5) is 0 Å². The van der Waals surface area contributed by atoms with Crippen molar-refractivity contribution < 1.29 is 23.7 Å². The summed E-state index contributed by atoms with van der Waals surface area (Å²) in [4.78, 5) is 15.5. The van der Waals surface area contributed by atoms with Gasteiger partial charge in [-0.05, 0) is 23.9 Å². The highest BCUT2D eigenvalue weighted by atomic mass is 32.2. The summed E-state index contributed by atoms with van der Waals surface area (Å²) in [5, 5.41) is 3.85. The fourth-order valence-corrected chi connectivity index (χ4v) is 4.17. The molecule has 5 atom stereocenters. The van der Waals surface area contributed by atoms with Crippen molar-refractivity contribution in [2.75, 3.05) is 20.0 Å². The van der Waals surface area contributed by atoms with Gasteiger partial charge in [0, 0.05) is 24.0 Å². The summed E-state index contributed by atoms with van der Waals surface area (Å²) in [5.74, 6) is -0.468. The highest BCUT2D eigenvalue weighted by Gasteiger charge is 2.40. The summed E-state index contributed by atoms with van der Waals surface area (Å²) >= 11 is 1.40. The monoisotopic (exact) mass is 443 g/mol. The van der Waals surface area contributed by atoms with Crippen LogP contribution in [-0.2, 0) is 18.9 Å². The molecule has 1 aliphatic heterocycles. The third-order valence-electron chi connectivity index (χ3n) is 4.89. The molecule has 2 aromatic rings. The lowest BCUT2D eigenvalue weighted by atomic mass is 10.0. The molecule has 164 valence electrons. The zero-order valence-corrected chi connectivity index (χ0v) is 18.2. The first kappa shape index (κ1) is 23.1. The van der Waals surface area contributed by atoms with Crippen molar-refractivity contribution >= 4 is 17.7 Å². The predicted molar refractivity (Wildman–Crippen MR) is 118 cm³/mol. The number of esters is 1. The topological polar surface area (TPSA) is 103 Å². The number of rotatable bonds is 9. The number of carbonyl (C=O) groups is 1. The molecule has 2 aromatic carbocycles. The molecule has 0 spiro atoms. The maximum atomic E-state index is 12.6. The second kappa shape index (κ2) is 11.7. The summed E-state index contributed by atoms with van der Waals surface area (Å²) in [5.41, 5.74) is 9.87. The molecule has 8 nitrogen and oxygen atoms in total. The zero-order valence-electron chi connectivity index (χ0n) is 17.4. The second-order valence-corrected chi connectivity index (χ2v) is 7.85. The first-order chi connectivity index (χ1) is 15.2. The Balaban J connectivity index is 1.70. The van der Waals surface area contributed by atoms with Crippen molar-refractivity contribution in [2.45, 2.75) is 36.4 Å². The molecule has 0 amide bonds. The van der Waals surface area contributed by atoms with Gasteiger partial charge in [-0.25, -0.2) is 4.79 Å². The fraction of sp³-hybridized carbons (Fsp3) is 0.409. The van der Waals surface area contributed by atoms with Gasteiger partial charge in [0.2, 0.25) is 0 Å². The summed E-state index contributed by atoms with van der Waals surface area (Å²) in [6, 6.07) is 17.7. The van der Waals surface area contributed by atoms with Gasteiger partial charge in [0.05, 0.1) is 18.3 Å². The molecule has 1 saturated heterocycles. The largest absolute Gasteiger partial charge is 0.458 e. The normalized spacial score (nSPS) is 24.1. The Morgan fingerprint density at radius 2 is 1.90 bits per heavy atom. The minimum Gasteiger partial charge on any atom is -0.458 e. The number of thioether (sulfide) groups is 1. The van der Waals surface area contributed by atoms with Gasteiger partial charge in [0.1, 0.15) is 17.6 Å². The molecule has 3 rings (SSSR count). The summed E-state index contributed by atoms with van der Waals surface area (Å²) in [7, 11) is 1.58. The summed E-state index contributed by atoms with van der Waals surface area (Å²) in [6.45, 7) is 0.229. The quantitative estimate of drug-likeness (QED) is 0.182. The molecule has 1 heterocycles. The molecule has 1 aliphatic rings. The first-order valence-corrected chi connectivity index (χ1v) is 11.1. The molecule has 0 bridgehead atoms. The predicted octanol–water partition coefficient (Wildman–Crippen LogP) is 4.73. The Kier molecular flexibility index (Phi) is 8.75. The number of benzene rings is 2. The molecule has 4 unspecified atom stereocenters. The Bertz CT molecular complexity index is 879. The van der Waals surface area contributed by atoms with Gasteiger partial charge in [-0.3, -0.25) is 0 Å². The van der Waals surface area contributed by atoms with E-state index >= 15 is 0 Å². The SMILES string of the molecule is COC(OCC1CC(OC(=O)c2ccccc2)C(N=[N+]=[N-])[C@H](SC)O1)c1ccccc1. The highest BCUT2D eigenvalue weighted by molar-refractivity contribution is 7.99. The first-order valence-electron chi connectivity index (χ1n) is 9.84. The van der Waals surface area contributed by atoms with Crippen LogP contribution in [0.15, 0.2) is 65.8 Å². The van der Waals surface area contributed by atoms with Crippen LogP contribution in [-0.4, -0.2) is 49.6 Å². The van der Waals surface area contributed by atoms with E-state index in [4.69, 9.17) is 24.5 Å². The van der Waals surface area contributed by atoms with Crippen LogP contribution >= 0.6 is 11.8 Å². The van der Waals surface area contributed by atoms with Crippen molar-refractivity contribution in [1.29, 1.82) is 0 Å². The number of hydrogen-bond donors (Lipinski definition) is 0. The average molecular weight is 444 g/mol. The van der Waals surface area contributed by atoms with E-state index in [2.05, 4.69) is 10.0 Å². The molecular weight excluding hydrogens is 418 g/mol. The number of ether oxygens (including phenoxy) is 4. The maximum absolute atomic E-state index is 12.6. The number of azide groups is 1. The maximum Gasteiger partial charge on any atom is 0.338 e. The van der Waals surface area contributed by atoms with Crippen LogP contribution in [0.2, 0.25) is 0 Å². The van der Waals surface area contributed by atoms with E-state index < -0.39 is 29.8 Å². The van der Waals surface area contributed by atoms with Crippen molar-refractivity contribution in [3.8, 4) is 0 Å². The number of methoxy groups -OCH3 is 1. The Hall–Kier alpha value is -2.55. The molecule has 0 saturated carbocycles. The Labute approximate surface area is 185 Å². The van der Waals surface area contributed by atoms with Crippen LogP contribution in [0.3, 0.4) is 0 Å². The molecule has 31 heavy (non-hydrogen) atoms. The van der Waals surface area contributed by atoms with E-state index in [1.165, 1.54) is 11.8 Å². The smallest absolute Gasteiger partial charge is 0.338 e. The molecular formula is C22H25N3O5S. The van der Waals surface area contributed by atoms with E-state index in [9.17, 15) is 4.79 Å². The molecule has 0 aromatic heterocycles. The third-order valence-corrected chi connectivity index (χ3v) is 5.74. The Morgan fingerprint density at radius 3 is 2.52 bits per heavy atom. The third kappa shape index (κ3) is 6.22. The lowest BCUT2D eigenvalue weighted by Gasteiger charge is -2.38. The van der Waals surface area contributed by atoms with Crippen LogP contribution in [0.1, 0.15) is 28.6 Å². The van der Waals surface area contributed by atoms with Gasteiger partial charge in [-0.15, -0.1) is 11.8 Å². The van der Waals surface area contributed by atoms with Crippen molar-refractivity contribution in [2.24, 2.45) is 5.11 Å². The average Bonchev–Trinajstić information content (AvgIpc) is 2.82.